The fourth-order valence-corrected chi connectivity index (χ4v) is 4.34. The second-order valence-corrected chi connectivity index (χ2v) is 8.93. The first-order chi connectivity index (χ1) is 15.2. The van der Waals surface area contributed by atoms with Crippen LogP contribution in [0.2, 0.25) is 0 Å². The van der Waals surface area contributed by atoms with Gasteiger partial charge in [0.15, 0.2) is 0 Å². The van der Waals surface area contributed by atoms with Gasteiger partial charge in [-0.15, -0.1) is 0 Å². The molecule has 0 heterocycles. The van der Waals surface area contributed by atoms with Crippen molar-refractivity contribution in [3.63, 3.8) is 0 Å². The molecule has 2 N–H and O–H groups in total. The van der Waals surface area contributed by atoms with E-state index >= 15 is 0 Å². The van der Waals surface area contributed by atoms with Crippen LogP contribution in [0.1, 0.15) is 36.8 Å². The summed E-state index contributed by atoms with van der Waals surface area (Å²) in [5.74, 6) is -0.303. The standard InChI is InChI=1S/C20H18Br2N4O6/c21-15-7-13(25(29)30)5-11(19(15)27)9-23-17-3-1-2-4-18(17)24-10-12-6-14(26(31)32)8-16(22)20(12)28/h5-10,17-18,27-28H,1-4H2. The molecule has 2 aromatic carbocycles. The Morgan fingerprint density at radius 2 is 1.19 bits per heavy atom. The van der Waals surface area contributed by atoms with Crippen LogP contribution in [0.5, 0.6) is 11.5 Å². The fourth-order valence-electron chi connectivity index (χ4n) is 3.41. The van der Waals surface area contributed by atoms with Crippen molar-refractivity contribution in [2.45, 2.75) is 37.8 Å². The maximum atomic E-state index is 11.1. The molecule has 1 aliphatic carbocycles. The molecule has 0 amide bonds. The molecule has 3 rings (SSSR count). The van der Waals surface area contributed by atoms with E-state index in [1.807, 2.05) is 0 Å². The van der Waals surface area contributed by atoms with Gasteiger partial charge >= 0.3 is 0 Å². The van der Waals surface area contributed by atoms with E-state index in [0.717, 1.165) is 25.7 Å². The van der Waals surface area contributed by atoms with Crippen molar-refractivity contribution >= 4 is 55.7 Å². The highest BCUT2D eigenvalue weighted by molar-refractivity contribution is 9.11. The van der Waals surface area contributed by atoms with E-state index < -0.39 is 9.85 Å². The molecule has 0 aliphatic heterocycles. The lowest BCUT2D eigenvalue weighted by Crippen LogP contribution is -2.27. The van der Waals surface area contributed by atoms with Crippen molar-refractivity contribution < 1.29 is 20.1 Å². The number of hydrogen-bond acceptors (Lipinski definition) is 8. The number of non-ortho nitro benzene ring substituents is 2. The summed E-state index contributed by atoms with van der Waals surface area (Å²) in [5, 5.41) is 42.6. The van der Waals surface area contributed by atoms with Crippen molar-refractivity contribution in [3.8, 4) is 11.5 Å². The average molecular weight is 570 g/mol. The van der Waals surface area contributed by atoms with Crippen LogP contribution in [0.4, 0.5) is 11.4 Å². The molecule has 12 heteroatoms. The van der Waals surface area contributed by atoms with Gasteiger partial charge in [-0.05, 0) is 44.7 Å². The maximum Gasteiger partial charge on any atom is 0.271 e. The van der Waals surface area contributed by atoms with Gasteiger partial charge in [0.25, 0.3) is 11.4 Å². The average Bonchev–Trinajstić information content (AvgIpc) is 2.75. The molecular formula is C20H18Br2N4O6. The zero-order valence-corrected chi connectivity index (χ0v) is 19.7. The lowest BCUT2D eigenvalue weighted by atomic mass is 9.91. The number of phenolic OH excluding ortho intramolecular Hbond substituents is 2. The molecule has 32 heavy (non-hydrogen) atoms. The number of nitro groups is 2. The van der Waals surface area contributed by atoms with Gasteiger partial charge in [-0.1, -0.05) is 12.8 Å². The third-order valence-electron chi connectivity index (χ3n) is 5.08. The molecule has 168 valence electrons. The Labute approximate surface area is 199 Å². The lowest BCUT2D eigenvalue weighted by Gasteiger charge is -2.25. The number of aromatic hydroxyl groups is 2. The van der Waals surface area contributed by atoms with Gasteiger partial charge in [0.2, 0.25) is 0 Å². The number of rotatable bonds is 6. The maximum absolute atomic E-state index is 11.1. The van der Waals surface area contributed by atoms with E-state index in [4.69, 9.17) is 0 Å². The third kappa shape index (κ3) is 5.49. The summed E-state index contributed by atoms with van der Waals surface area (Å²) in [7, 11) is 0. The minimum Gasteiger partial charge on any atom is -0.506 e. The van der Waals surface area contributed by atoms with E-state index in [1.54, 1.807) is 0 Å². The van der Waals surface area contributed by atoms with Gasteiger partial charge in [-0.25, -0.2) is 0 Å². The van der Waals surface area contributed by atoms with Gasteiger partial charge in [0.1, 0.15) is 11.5 Å². The number of hydrogen-bond donors (Lipinski definition) is 2. The minimum atomic E-state index is -0.557. The Hall–Kier alpha value is -2.86. The van der Waals surface area contributed by atoms with Crippen LogP contribution in [-0.2, 0) is 0 Å². The van der Waals surface area contributed by atoms with Crippen molar-refractivity contribution in [3.05, 3.63) is 64.6 Å². The largest absolute Gasteiger partial charge is 0.506 e. The molecule has 10 nitrogen and oxygen atoms in total. The van der Waals surface area contributed by atoms with Gasteiger partial charge in [0.05, 0.1) is 30.9 Å². The van der Waals surface area contributed by atoms with Crippen molar-refractivity contribution in [1.82, 2.24) is 0 Å². The molecule has 0 radical (unpaired) electrons. The molecule has 1 saturated carbocycles. The summed E-state index contributed by atoms with van der Waals surface area (Å²) in [6, 6.07) is 4.41. The Bertz CT molecular complexity index is 1030. The van der Waals surface area contributed by atoms with E-state index in [1.165, 1.54) is 36.7 Å². The number of halogens is 2. The molecule has 1 aliphatic rings. The topological polar surface area (TPSA) is 151 Å². The summed E-state index contributed by atoms with van der Waals surface area (Å²) in [6.45, 7) is 0. The van der Waals surface area contributed by atoms with E-state index in [0.29, 0.717) is 0 Å². The Morgan fingerprint density at radius 1 is 0.812 bits per heavy atom. The van der Waals surface area contributed by atoms with Crippen molar-refractivity contribution in [2.24, 2.45) is 9.98 Å². The number of aliphatic imine (C=N–C) groups is 2. The molecule has 2 atom stereocenters. The van der Waals surface area contributed by atoms with Gasteiger partial charge in [-0.2, -0.15) is 0 Å². The van der Waals surface area contributed by atoms with E-state index in [9.17, 15) is 30.4 Å². The SMILES string of the molecule is O=[N+]([O-])c1cc(Br)c(O)c(C=NC2CCCCC2N=Cc2cc([N+](=O)[O-])cc(Br)c2O)c1. The summed E-state index contributed by atoms with van der Waals surface area (Å²) in [5.41, 5.74) is 0.0569. The van der Waals surface area contributed by atoms with E-state index in [2.05, 4.69) is 41.8 Å². The highest BCUT2D eigenvalue weighted by Crippen LogP contribution is 2.33. The van der Waals surface area contributed by atoms with Crippen LogP contribution in [-0.4, -0.2) is 44.6 Å². The second-order valence-electron chi connectivity index (χ2n) is 7.22. The molecule has 0 saturated heterocycles. The fraction of sp³-hybridized carbons (Fsp3) is 0.300. The van der Waals surface area contributed by atoms with Crippen LogP contribution in [0.3, 0.4) is 0 Å². The first-order valence-electron chi connectivity index (χ1n) is 9.57. The molecule has 0 spiro atoms. The summed E-state index contributed by atoms with van der Waals surface area (Å²) in [6.07, 6.45) is 6.08. The normalized spacial score (nSPS) is 18.9. The molecule has 0 bridgehead atoms. The molecular weight excluding hydrogens is 552 g/mol. The number of nitrogens with zero attached hydrogens (tertiary/aromatic N) is 4. The summed E-state index contributed by atoms with van der Waals surface area (Å²) in [4.78, 5) is 30.1. The highest BCUT2D eigenvalue weighted by atomic mass is 79.9. The Morgan fingerprint density at radius 3 is 1.53 bits per heavy atom. The molecule has 0 aromatic heterocycles. The highest BCUT2D eigenvalue weighted by Gasteiger charge is 2.24. The van der Waals surface area contributed by atoms with Gasteiger partial charge in [0, 0.05) is 47.8 Å². The summed E-state index contributed by atoms with van der Waals surface area (Å²) >= 11 is 6.21. The first kappa shape index (κ1) is 23.8. The quantitative estimate of drug-likeness (QED) is 0.274. The van der Waals surface area contributed by atoms with Crippen molar-refractivity contribution in [2.75, 3.05) is 0 Å². The molecule has 1 fully saturated rings. The predicted octanol–water partition coefficient (Wildman–Crippen LogP) is 5.29. The zero-order valence-electron chi connectivity index (χ0n) is 16.5. The van der Waals surface area contributed by atoms with Crippen molar-refractivity contribution in [1.29, 1.82) is 0 Å². The minimum absolute atomic E-state index is 0.151. The lowest BCUT2D eigenvalue weighted by molar-refractivity contribution is -0.385. The smallest absolute Gasteiger partial charge is 0.271 e. The second kappa shape index (κ2) is 10.2. The molecule has 2 unspecified atom stereocenters. The Balaban J connectivity index is 1.86. The third-order valence-corrected chi connectivity index (χ3v) is 6.29. The van der Waals surface area contributed by atoms with Crippen LogP contribution < -0.4 is 0 Å². The zero-order chi connectivity index (χ0) is 23.4. The van der Waals surface area contributed by atoms with Crippen LogP contribution in [0, 0.1) is 20.2 Å². The van der Waals surface area contributed by atoms with E-state index in [-0.39, 0.29) is 55.0 Å². The number of nitro benzene ring substituents is 2. The van der Waals surface area contributed by atoms with Crippen LogP contribution in [0.25, 0.3) is 0 Å². The van der Waals surface area contributed by atoms with Gasteiger partial charge in [-0.3, -0.25) is 30.2 Å². The summed E-state index contributed by atoms with van der Waals surface area (Å²) < 4.78 is 0.385. The number of benzene rings is 2. The van der Waals surface area contributed by atoms with Gasteiger partial charge < -0.3 is 10.2 Å². The molecule has 2 aromatic rings. The first-order valence-corrected chi connectivity index (χ1v) is 11.2. The monoisotopic (exact) mass is 568 g/mol. The van der Waals surface area contributed by atoms with Crippen LogP contribution in [0.15, 0.2) is 43.2 Å². The Kier molecular flexibility index (Phi) is 7.56. The number of phenols is 2. The predicted molar refractivity (Wildman–Crippen MR) is 126 cm³/mol. The van der Waals surface area contributed by atoms with Crippen LogP contribution >= 0.6 is 31.9 Å².